The summed E-state index contributed by atoms with van der Waals surface area (Å²) >= 11 is 0. The van der Waals surface area contributed by atoms with Crippen LogP contribution in [0.4, 0.5) is 0 Å². The van der Waals surface area contributed by atoms with Crippen LogP contribution in [0.25, 0.3) is 0 Å². The first-order valence-corrected chi connectivity index (χ1v) is 137. The van der Waals surface area contributed by atoms with E-state index >= 15 is 0 Å². The van der Waals surface area contributed by atoms with Crippen LogP contribution in [0.2, 0.25) is 0 Å². The second-order valence-corrected chi connectivity index (χ2v) is 264. The lowest BCUT2D eigenvalue weighted by Gasteiger charge is -2.52. The van der Waals surface area contributed by atoms with Crippen LogP contribution in [0.1, 0.15) is 86.6 Å². The van der Waals surface area contributed by atoms with Crippen molar-refractivity contribution >= 4 is 489 Å². The molecule has 0 radical (unpaired) electrons. The minimum atomic E-state index is -0.0589. The van der Waals surface area contributed by atoms with Crippen molar-refractivity contribution in [2.24, 2.45) is 35.5 Å². The lowest BCUT2D eigenvalue weighted by Crippen LogP contribution is -2.06. The molecule has 0 fully saturated rings. The molecule has 560 valence electrons. The van der Waals surface area contributed by atoms with Crippen LogP contribution in [0, 0.1) is 35.5 Å². The Bertz CT molecular complexity index is 1870. The van der Waals surface area contributed by atoms with Gasteiger partial charge in [0.1, 0.15) is 0 Å². The number of benzene rings is 1. The Morgan fingerprint density at radius 2 is 0.596 bits per heavy atom. The van der Waals surface area contributed by atoms with Gasteiger partial charge in [0.15, 0.2) is 0 Å². The molecule has 0 bridgehead atoms. The van der Waals surface area contributed by atoms with Gasteiger partial charge in [0.05, 0.1) is 6.61 Å². The molecular formula is C31H119O2P61. The molecule has 42 atom stereocenters. The van der Waals surface area contributed by atoms with Crippen LogP contribution in [-0.2, 0) is 11.3 Å². The van der Waals surface area contributed by atoms with E-state index in [-0.39, 0.29) is 196 Å². The fourth-order valence-corrected chi connectivity index (χ4v) is 812. The van der Waals surface area contributed by atoms with Gasteiger partial charge in [-0.1, -0.05) is 131 Å². The van der Waals surface area contributed by atoms with E-state index in [2.05, 4.69) is 390 Å². The Kier molecular flexibility index (Phi) is 96.3. The summed E-state index contributed by atoms with van der Waals surface area (Å²) in [6.45, 7) is 19.5. The van der Waals surface area contributed by atoms with Crippen molar-refractivity contribution in [3.05, 3.63) is 60.2 Å². The van der Waals surface area contributed by atoms with E-state index in [1.54, 1.807) is 0 Å². The maximum absolute atomic E-state index is 8.82. The molecule has 2 nitrogen and oxygen atoms in total. The Morgan fingerprint density at radius 1 is 0.362 bits per heavy atom. The van der Waals surface area contributed by atoms with Gasteiger partial charge in [0, 0.05) is 13.2 Å². The van der Waals surface area contributed by atoms with Gasteiger partial charge >= 0.3 is 0 Å². The highest BCUT2D eigenvalue weighted by Gasteiger charge is 2.53. The van der Waals surface area contributed by atoms with Gasteiger partial charge in [-0.3, -0.25) is 0 Å². The number of allylic oxidation sites excluding steroid dienone is 4. The van der Waals surface area contributed by atoms with E-state index in [0.29, 0.717) is 30.3 Å². The quantitative estimate of drug-likeness (QED) is 0.0522. The van der Waals surface area contributed by atoms with Crippen molar-refractivity contribution < 1.29 is 9.84 Å². The molecule has 0 aliphatic rings. The lowest BCUT2D eigenvalue weighted by molar-refractivity contribution is 0.0928. The Balaban J connectivity index is -0.00000123. The van der Waals surface area contributed by atoms with E-state index in [1.807, 2.05) is 6.07 Å². The third-order valence-electron chi connectivity index (χ3n) is 11.9. The van der Waals surface area contributed by atoms with Crippen molar-refractivity contribution in [3.8, 4) is 0 Å². The minimum absolute atomic E-state index is 0.0331. The molecule has 0 amide bonds. The summed E-state index contributed by atoms with van der Waals surface area (Å²) in [5.41, 5.74) is 1.25. The first-order chi connectivity index (χ1) is 43.4. The molecule has 1 aromatic rings. The molecule has 0 aromatic heterocycles. The Hall–Kier alpha value is 24.8. The van der Waals surface area contributed by atoms with Crippen LogP contribution in [-0.4, -0.2) is 18.3 Å². The normalized spacial score (nSPS) is 16.2. The monoisotopic (exact) mass is 2410 g/mol. The number of ether oxygens (including phenoxy) is 1. The van der Waals surface area contributed by atoms with Gasteiger partial charge in [0.2, 0.25) is 0 Å². The fraction of sp³-hybridized carbons (Fsp3) is 0.677. The number of rotatable bonds is 42. The predicted molar refractivity (Wildman–Crippen MR) is 659 cm³/mol. The predicted octanol–water partition coefficient (Wildman–Crippen LogP) is 43.8. The maximum atomic E-state index is 8.82. The molecule has 1 rings (SSSR count). The molecule has 0 saturated carbocycles. The van der Waals surface area contributed by atoms with Gasteiger partial charge in [-0.2, -0.15) is 0 Å². The summed E-state index contributed by atoms with van der Waals surface area (Å²) < 4.78 is 5.77. The van der Waals surface area contributed by atoms with Gasteiger partial charge in [-0.05, 0) is 250 Å². The molecule has 0 aliphatic heterocycles. The topological polar surface area (TPSA) is 29.5 Å². The standard InChI is InChI=1S/C19H30O.C12H24O.H33P31.H32P30/c1-5-17(3)18(4)11-9-10-16(2)14-20-15-19-12-7-6-8-13-19;1-5-11(3)12(4)8-6-7-10(2)9-13;1-17-25(16)29(24(14)15)31(28(22(10)11)23(12)13)30(26(18(2)3)19(4)5)27(20(6)7)21(8)9;1-17(2)25(18(3)4)29(26(19(5)6)20(7)8)30(27(21(9)10)22(11)12)28(23(13)14)24(15)16/h6-9,11-13,16-18H,5,10,14-15H2,1-4H3;6,8,10-13H,5,7,9H2,1-4H3;17H,1-16H2;1-16H2/b11-9+;8-6+;;/t16-,17-,18-;10-,11-,12-;;/m00../s1. The van der Waals surface area contributed by atoms with E-state index < -0.39 is 0 Å². The summed E-state index contributed by atoms with van der Waals surface area (Å²) in [6.07, 6.45) is 13.8. The van der Waals surface area contributed by atoms with E-state index in [1.165, 1.54) is 18.4 Å². The zero-order chi connectivity index (χ0) is 73.9. The second kappa shape index (κ2) is 73.6. The minimum Gasteiger partial charge on any atom is -0.396 e. The highest BCUT2D eigenvalue weighted by atomic mass is 33.5. The second-order valence-electron chi connectivity index (χ2n) is 19.6. The average molecular weight is 2410 g/mol. The highest BCUT2D eigenvalue weighted by molar-refractivity contribution is 9.46. The summed E-state index contributed by atoms with van der Waals surface area (Å²) in [6, 6.07) is 10.4. The first kappa shape index (κ1) is 123. The lowest BCUT2D eigenvalue weighted by atomic mass is 9.92. The van der Waals surface area contributed by atoms with Crippen LogP contribution in [0.5, 0.6) is 0 Å². The van der Waals surface area contributed by atoms with Crippen molar-refractivity contribution in [2.75, 3.05) is 13.2 Å². The van der Waals surface area contributed by atoms with Gasteiger partial charge in [-0.25, -0.2) is 0 Å². The zero-order valence-electron chi connectivity index (χ0n) is 54.5. The number of aliphatic hydroxyl groups excluding tert-OH is 1. The van der Waals surface area contributed by atoms with Crippen LogP contribution >= 0.6 is 489 Å². The Morgan fingerprint density at radius 3 is 0.809 bits per heavy atom. The average Bonchev–Trinajstić information content (AvgIpc) is 0.775. The van der Waals surface area contributed by atoms with Crippen LogP contribution < -0.4 is 0 Å². The molecule has 0 spiro atoms. The Labute approximate surface area is 686 Å². The van der Waals surface area contributed by atoms with E-state index in [4.69, 9.17) is 9.84 Å². The number of aliphatic hydroxyl groups is 1. The smallest absolute Gasteiger partial charge is 0.0717 e. The molecule has 36 unspecified atom stereocenters. The summed E-state index contributed by atoms with van der Waals surface area (Å²) in [5.74, 6) is 3.87. The molecule has 0 heterocycles. The number of hydrogen-bond acceptors (Lipinski definition) is 2. The third-order valence-corrected chi connectivity index (χ3v) is 414. The van der Waals surface area contributed by atoms with Crippen molar-refractivity contribution in [1.82, 2.24) is 0 Å². The van der Waals surface area contributed by atoms with Crippen LogP contribution in [0.15, 0.2) is 54.6 Å². The van der Waals surface area contributed by atoms with Crippen molar-refractivity contribution in [1.29, 1.82) is 0 Å². The first-order valence-electron chi connectivity index (χ1n) is 27.0. The fourth-order valence-electron chi connectivity index (χ4n) is 6.60. The summed E-state index contributed by atoms with van der Waals surface area (Å²) in [4.78, 5) is 0. The molecule has 0 aliphatic carbocycles. The van der Waals surface area contributed by atoms with Crippen LogP contribution in [0.3, 0.4) is 0 Å². The SMILES string of the molecule is CC[C@H](C)[C@@H](C)/C=C/C[C@H](C)CO.CC[C@H](C)[C@@H](C)/C=C/C[C@H](C)COCc1ccccc1.PP(P)P(P(P)P)P(P(P(P)P)P(P)P)P(P(P(P)P)P(P)P)P(P(P)P)P(P)P.PPP(P)P(P(P)P)P(P(P(P)P)P(P)P)P(P(P(P)P)P(P)P)P(P(P)P)P(P)P. The van der Waals surface area contributed by atoms with E-state index in [0.717, 1.165) is 45.8 Å². The van der Waals surface area contributed by atoms with Gasteiger partial charge < -0.3 is 9.84 Å². The molecule has 94 heavy (non-hydrogen) atoms. The molecular weight excluding hydrogens is 2290 g/mol. The largest absolute Gasteiger partial charge is 0.396 e. The summed E-state index contributed by atoms with van der Waals surface area (Å²) in [5, 5.41) is 8.82. The summed E-state index contributed by atoms with van der Waals surface area (Å²) in [7, 11) is 106. The highest BCUT2D eigenvalue weighted by Crippen LogP contribution is 3.41. The molecule has 0 saturated heterocycles. The molecule has 1 aromatic carbocycles. The molecule has 1 N–H and O–H groups in total. The maximum Gasteiger partial charge on any atom is 0.0717 e. The van der Waals surface area contributed by atoms with Gasteiger partial charge in [0.25, 0.3) is 0 Å². The van der Waals surface area contributed by atoms with E-state index in [9.17, 15) is 0 Å². The molecule has 63 heteroatoms. The zero-order valence-corrected chi connectivity index (χ0v) is 117. The van der Waals surface area contributed by atoms with Crippen molar-refractivity contribution in [2.45, 2.75) is 87.7 Å². The third kappa shape index (κ3) is 53.7. The van der Waals surface area contributed by atoms with Crippen molar-refractivity contribution in [3.63, 3.8) is 0 Å². The van der Waals surface area contributed by atoms with Gasteiger partial charge in [-0.15, -0.1) is 286 Å². The number of hydrogen-bond donors (Lipinski definition) is 1.